The number of nitrogens with one attached hydrogen (secondary N) is 2. The number of aromatic amines is 1. The Kier molecular flexibility index (Phi) is 6.27. The zero-order chi connectivity index (χ0) is 18.2. The number of aliphatic carboxylic acids is 1. The normalized spacial score (nSPS) is 11.7. The van der Waals surface area contributed by atoms with Gasteiger partial charge < -0.3 is 10.4 Å². The minimum atomic E-state index is -0.941. The lowest BCUT2D eigenvalue weighted by molar-refractivity contribution is -0.137. The minimum absolute atomic E-state index is 0.0730. The van der Waals surface area contributed by atoms with Gasteiger partial charge in [-0.1, -0.05) is 30.3 Å². The molecule has 1 amide bonds. The van der Waals surface area contributed by atoms with E-state index in [0.29, 0.717) is 6.42 Å². The molecule has 2 rings (SSSR count). The van der Waals surface area contributed by atoms with Gasteiger partial charge in [0, 0.05) is 24.7 Å². The van der Waals surface area contributed by atoms with Crippen molar-refractivity contribution in [2.45, 2.75) is 31.8 Å². The number of carbonyl (C=O) groups is 2. The number of hydrogen-bond acceptors (Lipinski definition) is 4. The van der Waals surface area contributed by atoms with Gasteiger partial charge in [0.05, 0.1) is 0 Å². The zero-order valence-electron chi connectivity index (χ0n) is 13.5. The molecule has 25 heavy (non-hydrogen) atoms. The highest BCUT2D eigenvalue weighted by Gasteiger charge is 2.15. The Balaban J connectivity index is 2.03. The molecule has 2 aromatic rings. The molecule has 1 unspecified atom stereocenters. The number of nitrogens with zero attached hydrogens (tertiary/aromatic N) is 1. The largest absolute Gasteiger partial charge is 0.481 e. The highest BCUT2D eigenvalue weighted by molar-refractivity contribution is 5.76. The summed E-state index contributed by atoms with van der Waals surface area (Å²) < 4.78 is 1.08. The van der Waals surface area contributed by atoms with Gasteiger partial charge in [-0.25, -0.2) is 4.79 Å². The van der Waals surface area contributed by atoms with Crippen LogP contribution in [-0.4, -0.2) is 32.6 Å². The van der Waals surface area contributed by atoms with Gasteiger partial charge in [0.1, 0.15) is 6.54 Å². The Morgan fingerprint density at radius 1 is 1.16 bits per heavy atom. The lowest BCUT2D eigenvalue weighted by Crippen LogP contribution is -2.41. The van der Waals surface area contributed by atoms with Gasteiger partial charge in [0.2, 0.25) is 5.91 Å². The molecule has 0 aliphatic rings. The Morgan fingerprint density at radius 2 is 1.88 bits per heavy atom. The first kappa shape index (κ1) is 18.2. The van der Waals surface area contributed by atoms with Gasteiger partial charge in [0.15, 0.2) is 0 Å². The number of hydrogen-bond donors (Lipinski definition) is 3. The van der Waals surface area contributed by atoms with Gasteiger partial charge in [-0.3, -0.25) is 23.9 Å². The Morgan fingerprint density at radius 3 is 2.52 bits per heavy atom. The molecule has 3 N–H and O–H groups in total. The molecule has 0 bridgehead atoms. The number of carboxylic acid groups (broad SMARTS) is 1. The first-order chi connectivity index (χ1) is 11.9. The smallest absolute Gasteiger partial charge is 0.328 e. The molecule has 0 saturated carbocycles. The maximum absolute atomic E-state index is 12.2. The van der Waals surface area contributed by atoms with Crippen LogP contribution in [0.15, 0.2) is 52.2 Å². The fourth-order valence-corrected chi connectivity index (χ4v) is 2.42. The van der Waals surface area contributed by atoms with Gasteiger partial charge in [-0.15, -0.1) is 0 Å². The molecule has 8 nitrogen and oxygen atoms in total. The van der Waals surface area contributed by atoms with E-state index < -0.39 is 23.1 Å². The van der Waals surface area contributed by atoms with Crippen molar-refractivity contribution in [3.05, 3.63) is 69.0 Å². The minimum Gasteiger partial charge on any atom is -0.481 e. The molecule has 1 aromatic heterocycles. The first-order valence-corrected chi connectivity index (χ1v) is 7.79. The molecule has 1 aromatic carbocycles. The SMILES string of the molecule is O=C(O)CCC(Cc1ccccc1)NC(=O)Cn1ccc(=O)[nH]c1=O. The second kappa shape index (κ2) is 8.62. The van der Waals surface area contributed by atoms with E-state index >= 15 is 0 Å². The molecule has 0 aliphatic carbocycles. The van der Waals surface area contributed by atoms with Crippen molar-refractivity contribution in [1.29, 1.82) is 0 Å². The fourth-order valence-electron chi connectivity index (χ4n) is 2.42. The van der Waals surface area contributed by atoms with E-state index in [1.54, 1.807) is 0 Å². The molecule has 0 radical (unpaired) electrons. The van der Waals surface area contributed by atoms with E-state index in [-0.39, 0.29) is 25.4 Å². The molecule has 1 heterocycles. The van der Waals surface area contributed by atoms with Crippen molar-refractivity contribution in [2.24, 2.45) is 0 Å². The van der Waals surface area contributed by atoms with Crippen molar-refractivity contribution in [2.75, 3.05) is 0 Å². The van der Waals surface area contributed by atoms with Crippen LogP contribution in [-0.2, 0) is 22.6 Å². The second-order valence-corrected chi connectivity index (χ2v) is 5.62. The standard InChI is InChI=1S/C17H19N3O5/c21-14-8-9-20(17(25)19-14)11-15(22)18-13(6-7-16(23)24)10-12-4-2-1-3-5-12/h1-5,8-9,13H,6-7,10-11H2,(H,18,22)(H,23,24)(H,19,21,25). The van der Waals surface area contributed by atoms with E-state index in [1.807, 2.05) is 30.3 Å². The van der Waals surface area contributed by atoms with Crippen molar-refractivity contribution < 1.29 is 14.7 Å². The number of benzene rings is 1. The van der Waals surface area contributed by atoms with Crippen LogP contribution in [0.4, 0.5) is 0 Å². The lowest BCUT2D eigenvalue weighted by atomic mass is 10.0. The number of carboxylic acids is 1. The third kappa shape index (κ3) is 6.09. The number of carbonyl (C=O) groups excluding carboxylic acids is 1. The summed E-state index contributed by atoms with van der Waals surface area (Å²) in [6, 6.07) is 10.2. The predicted molar refractivity (Wildman–Crippen MR) is 90.3 cm³/mol. The summed E-state index contributed by atoms with van der Waals surface area (Å²) in [5.74, 6) is -1.37. The average molecular weight is 345 g/mol. The van der Waals surface area contributed by atoms with Crippen LogP contribution in [0.25, 0.3) is 0 Å². The van der Waals surface area contributed by atoms with Crippen LogP contribution >= 0.6 is 0 Å². The number of H-pyrrole nitrogens is 1. The van der Waals surface area contributed by atoms with Crippen molar-refractivity contribution in [3.63, 3.8) is 0 Å². The first-order valence-electron chi connectivity index (χ1n) is 7.79. The third-order valence-corrected chi connectivity index (χ3v) is 3.61. The molecule has 0 fully saturated rings. The van der Waals surface area contributed by atoms with Crippen molar-refractivity contribution in [3.8, 4) is 0 Å². The number of aromatic nitrogens is 2. The number of amides is 1. The van der Waals surface area contributed by atoms with Crippen LogP contribution in [0.1, 0.15) is 18.4 Å². The summed E-state index contributed by atoms with van der Waals surface area (Å²) in [5.41, 5.74) is -0.239. The van der Waals surface area contributed by atoms with Crippen molar-refractivity contribution >= 4 is 11.9 Å². The third-order valence-electron chi connectivity index (χ3n) is 3.61. The molecule has 132 valence electrons. The van der Waals surface area contributed by atoms with E-state index in [4.69, 9.17) is 5.11 Å². The van der Waals surface area contributed by atoms with E-state index in [9.17, 15) is 19.2 Å². The molecule has 0 spiro atoms. The van der Waals surface area contributed by atoms with Crippen LogP contribution in [0.3, 0.4) is 0 Å². The highest BCUT2D eigenvalue weighted by atomic mass is 16.4. The van der Waals surface area contributed by atoms with E-state index in [0.717, 1.165) is 16.2 Å². The summed E-state index contributed by atoms with van der Waals surface area (Å²) in [7, 11) is 0. The molecular formula is C17H19N3O5. The summed E-state index contributed by atoms with van der Waals surface area (Å²) in [5, 5.41) is 11.6. The fraction of sp³-hybridized carbons (Fsp3) is 0.294. The van der Waals surface area contributed by atoms with E-state index in [2.05, 4.69) is 10.3 Å². The Hall–Kier alpha value is -3.16. The summed E-state index contributed by atoms with van der Waals surface area (Å²) in [4.78, 5) is 47.7. The number of rotatable bonds is 8. The monoisotopic (exact) mass is 345 g/mol. The average Bonchev–Trinajstić information content (AvgIpc) is 2.56. The maximum Gasteiger partial charge on any atom is 0.328 e. The summed E-state index contributed by atoms with van der Waals surface area (Å²) >= 11 is 0. The molecular weight excluding hydrogens is 326 g/mol. The summed E-state index contributed by atoms with van der Waals surface area (Å²) in [6.07, 6.45) is 1.93. The van der Waals surface area contributed by atoms with Crippen LogP contribution < -0.4 is 16.6 Å². The zero-order valence-corrected chi connectivity index (χ0v) is 13.5. The van der Waals surface area contributed by atoms with Gasteiger partial charge in [-0.2, -0.15) is 0 Å². The second-order valence-electron chi connectivity index (χ2n) is 5.62. The van der Waals surface area contributed by atoms with Gasteiger partial charge in [-0.05, 0) is 18.4 Å². The molecule has 0 saturated heterocycles. The predicted octanol–water partition coefficient (Wildman–Crippen LogP) is 0.129. The summed E-state index contributed by atoms with van der Waals surface area (Å²) in [6.45, 7) is -0.256. The highest BCUT2D eigenvalue weighted by Crippen LogP contribution is 2.08. The molecule has 1 atom stereocenters. The van der Waals surface area contributed by atoms with Gasteiger partial charge >= 0.3 is 11.7 Å². The Labute approximate surface area is 143 Å². The maximum atomic E-state index is 12.2. The topological polar surface area (TPSA) is 121 Å². The van der Waals surface area contributed by atoms with Crippen LogP contribution in [0, 0.1) is 0 Å². The van der Waals surface area contributed by atoms with Crippen LogP contribution in [0.5, 0.6) is 0 Å². The quantitative estimate of drug-likeness (QED) is 0.628. The Bertz CT molecular complexity index is 841. The lowest BCUT2D eigenvalue weighted by Gasteiger charge is -2.18. The molecule has 8 heteroatoms. The van der Waals surface area contributed by atoms with E-state index in [1.165, 1.54) is 6.20 Å². The van der Waals surface area contributed by atoms with Gasteiger partial charge in [0.25, 0.3) is 5.56 Å². The molecule has 0 aliphatic heterocycles. The van der Waals surface area contributed by atoms with Crippen LogP contribution in [0.2, 0.25) is 0 Å². The van der Waals surface area contributed by atoms with Crippen molar-refractivity contribution in [1.82, 2.24) is 14.9 Å².